The molecule has 0 fully saturated rings. The number of hydrogen-bond acceptors (Lipinski definition) is 4. The molecule has 0 aliphatic carbocycles. The molecular weight excluding hydrogens is 379 g/mol. The fraction of sp³-hybridized carbons (Fsp3) is 0.222. The van der Waals surface area contributed by atoms with Gasteiger partial charge in [0.1, 0.15) is 18.2 Å². The summed E-state index contributed by atoms with van der Waals surface area (Å²) in [6, 6.07) is 14.7. The van der Waals surface area contributed by atoms with Crippen LogP contribution in [-0.4, -0.2) is 21.6 Å². The molecule has 8 heteroatoms. The second kappa shape index (κ2) is 10.3. The number of rotatable bonds is 8. The van der Waals surface area contributed by atoms with Gasteiger partial charge in [-0.15, -0.1) is 12.4 Å². The highest BCUT2D eigenvalue weighted by atomic mass is 35.5. The Hall–Kier alpha value is -1.93. The summed E-state index contributed by atoms with van der Waals surface area (Å²) in [7, 11) is -3.67. The Morgan fingerprint density at radius 3 is 2.38 bits per heavy atom. The summed E-state index contributed by atoms with van der Waals surface area (Å²) in [5, 5.41) is 0. The molecule has 2 rings (SSSR count). The Kier molecular flexibility index (Phi) is 8.74. The van der Waals surface area contributed by atoms with Crippen LogP contribution >= 0.6 is 12.4 Å². The van der Waals surface area contributed by atoms with Crippen molar-refractivity contribution in [2.75, 3.05) is 13.2 Å². The van der Waals surface area contributed by atoms with E-state index in [4.69, 9.17) is 10.5 Å². The Balaban J connectivity index is 0.00000338. The zero-order valence-corrected chi connectivity index (χ0v) is 15.9. The summed E-state index contributed by atoms with van der Waals surface area (Å²) in [5.41, 5.74) is 6.07. The van der Waals surface area contributed by atoms with E-state index in [0.717, 1.165) is 5.56 Å². The van der Waals surface area contributed by atoms with E-state index in [-0.39, 0.29) is 36.5 Å². The first-order valence-corrected chi connectivity index (χ1v) is 9.25. The van der Waals surface area contributed by atoms with E-state index in [0.29, 0.717) is 5.75 Å². The molecule has 5 nitrogen and oxygen atoms in total. The van der Waals surface area contributed by atoms with E-state index in [1.54, 1.807) is 6.92 Å². The average molecular weight is 401 g/mol. The molecule has 0 saturated heterocycles. The van der Waals surface area contributed by atoms with Gasteiger partial charge in [-0.05, 0) is 42.8 Å². The molecule has 0 amide bonds. The highest BCUT2D eigenvalue weighted by Gasteiger charge is 2.18. The van der Waals surface area contributed by atoms with Gasteiger partial charge in [0.15, 0.2) is 0 Å². The zero-order chi connectivity index (χ0) is 18.3. The minimum atomic E-state index is -3.67. The van der Waals surface area contributed by atoms with Gasteiger partial charge in [0.2, 0.25) is 10.0 Å². The van der Waals surface area contributed by atoms with Gasteiger partial charge < -0.3 is 10.5 Å². The third-order valence-electron chi connectivity index (χ3n) is 3.48. The molecule has 0 aliphatic heterocycles. The third kappa shape index (κ3) is 6.42. The maximum Gasteiger partial charge on any atom is 0.241 e. The largest absolute Gasteiger partial charge is 0.487 e. The standard InChI is InChI=1S/C18H21FN2O3S.ClH/c1-14(15-5-3-2-4-6-15)21-25(22,23)18-9-7-17(8-10-18)24-13-16(19)11-12-20;/h2-11,14,21H,12-13,20H2,1H3;1H/b16-11+;. The lowest BCUT2D eigenvalue weighted by molar-refractivity contribution is 0.318. The number of nitrogens with one attached hydrogen (secondary N) is 1. The van der Waals surface area contributed by atoms with Crippen molar-refractivity contribution in [2.45, 2.75) is 17.9 Å². The van der Waals surface area contributed by atoms with E-state index >= 15 is 0 Å². The fourth-order valence-electron chi connectivity index (χ4n) is 2.16. The van der Waals surface area contributed by atoms with Crippen molar-refractivity contribution in [1.82, 2.24) is 4.72 Å². The summed E-state index contributed by atoms with van der Waals surface area (Å²) in [6.07, 6.45) is 1.22. The van der Waals surface area contributed by atoms with E-state index in [9.17, 15) is 12.8 Å². The average Bonchev–Trinajstić information content (AvgIpc) is 2.61. The first kappa shape index (κ1) is 22.1. The lowest BCUT2D eigenvalue weighted by atomic mass is 10.1. The van der Waals surface area contributed by atoms with Crippen LogP contribution in [0.3, 0.4) is 0 Å². The van der Waals surface area contributed by atoms with Crippen LogP contribution in [-0.2, 0) is 10.0 Å². The second-order valence-corrected chi connectivity index (χ2v) is 7.11. The van der Waals surface area contributed by atoms with Crippen LogP contribution in [0, 0.1) is 0 Å². The van der Waals surface area contributed by atoms with Crippen molar-refractivity contribution in [3.63, 3.8) is 0 Å². The van der Waals surface area contributed by atoms with Gasteiger partial charge in [-0.2, -0.15) is 0 Å². The molecule has 2 aromatic carbocycles. The van der Waals surface area contributed by atoms with Crippen molar-refractivity contribution in [3.8, 4) is 5.75 Å². The van der Waals surface area contributed by atoms with Crippen LogP contribution in [0.5, 0.6) is 5.75 Å². The van der Waals surface area contributed by atoms with Crippen LogP contribution in [0.1, 0.15) is 18.5 Å². The number of benzene rings is 2. The second-order valence-electron chi connectivity index (χ2n) is 5.40. The van der Waals surface area contributed by atoms with Crippen molar-refractivity contribution in [1.29, 1.82) is 0 Å². The normalized spacial score (nSPS) is 13.0. The summed E-state index contributed by atoms with van der Waals surface area (Å²) >= 11 is 0. The Morgan fingerprint density at radius 2 is 1.81 bits per heavy atom. The van der Waals surface area contributed by atoms with Crippen LogP contribution in [0.15, 0.2) is 71.4 Å². The first-order valence-electron chi connectivity index (χ1n) is 7.77. The zero-order valence-electron chi connectivity index (χ0n) is 14.3. The summed E-state index contributed by atoms with van der Waals surface area (Å²) in [4.78, 5) is 0.112. The highest BCUT2D eigenvalue weighted by molar-refractivity contribution is 7.89. The van der Waals surface area contributed by atoms with Crippen LogP contribution in [0.2, 0.25) is 0 Å². The molecule has 0 aromatic heterocycles. The first-order chi connectivity index (χ1) is 11.9. The molecule has 2 aromatic rings. The molecule has 0 heterocycles. The lowest BCUT2D eigenvalue weighted by Crippen LogP contribution is -2.26. The number of halogens is 2. The summed E-state index contributed by atoms with van der Waals surface area (Å²) in [6.45, 7) is 1.63. The number of sulfonamides is 1. The molecule has 0 aliphatic rings. The summed E-state index contributed by atoms with van der Waals surface area (Å²) < 4.78 is 45.9. The Bertz CT molecular complexity index is 812. The molecule has 0 bridgehead atoms. The fourth-order valence-corrected chi connectivity index (χ4v) is 3.40. The number of hydrogen-bond donors (Lipinski definition) is 2. The van der Waals surface area contributed by atoms with Gasteiger partial charge in [-0.3, -0.25) is 0 Å². The van der Waals surface area contributed by atoms with Crippen LogP contribution in [0.4, 0.5) is 4.39 Å². The molecular formula is C18H22ClFN2O3S. The maximum absolute atomic E-state index is 13.2. The molecule has 0 saturated carbocycles. The van der Waals surface area contributed by atoms with Crippen molar-refractivity contribution >= 4 is 22.4 Å². The maximum atomic E-state index is 13.2. The Labute approximate surface area is 159 Å². The van der Waals surface area contributed by atoms with E-state index in [1.165, 1.54) is 30.3 Å². The summed E-state index contributed by atoms with van der Waals surface area (Å²) in [5.74, 6) is -0.104. The molecule has 0 radical (unpaired) electrons. The smallest absolute Gasteiger partial charge is 0.241 e. The topological polar surface area (TPSA) is 81.4 Å². The quantitative estimate of drug-likeness (QED) is 0.712. The SMILES string of the molecule is CC(NS(=O)(=O)c1ccc(OC/C(F)=C\CN)cc1)c1ccccc1.Cl. The van der Waals surface area contributed by atoms with E-state index < -0.39 is 15.9 Å². The number of ether oxygens (including phenoxy) is 1. The molecule has 142 valence electrons. The van der Waals surface area contributed by atoms with Crippen molar-refractivity contribution < 1.29 is 17.5 Å². The molecule has 0 spiro atoms. The minimum Gasteiger partial charge on any atom is -0.487 e. The molecule has 1 unspecified atom stereocenters. The van der Waals surface area contributed by atoms with Gasteiger partial charge in [-0.1, -0.05) is 30.3 Å². The molecule has 26 heavy (non-hydrogen) atoms. The predicted octanol–water partition coefficient (Wildman–Crippen LogP) is 3.34. The van der Waals surface area contributed by atoms with E-state index in [2.05, 4.69) is 4.72 Å². The monoisotopic (exact) mass is 400 g/mol. The predicted molar refractivity (Wildman–Crippen MR) is 103 cm³/mol. The van der Waals surface area contributed by atoms with Crippen LogP contribution < -0.4 is 15.2 Å². The van der Waals surface area contributed by atoms with Crippen molar-refractivity contribution in [2.24, 2.45) is 5.73 Å². The van der Waals surface area contributed by atoms with Gasteiger partial charge in [-0.25, -0.2) is 17.5 Å². The van der Waals surface area contributed by atoms with Gasteiger partial charge in [0.25, 0.3) is 0 Å². The minimum absolute atomic E-state index is 0. The highest BCUT2D eigenvalue weighted by Crippen LogP contribution is 2.19. The third-order valence-corrected chi connectivity index (χ3v) is 5.04. The molecule has 3 N–H and O–H groups in total. The lowest BCUT2D eigenvalue weighted by Gasteiger charge is -2.15. The van der Waals surface area contributed by atoms with Crippen molar-refractivity contribution in [3.05, 3.63) is 72.1 Å². The van der Waals surface area contributed by atoms with Gasteiger partial charge in [0.05, 0.1) is 4.90 Å². The molecule has 1 atom stereocenters. The van der Waals surface area contributed by atoms with E-state index in [1.807, 2.05) is 30.3 Å². The Morgan fingerprint density at radius 1 is 1.19 bits per heavy atom. The van der Waals surface area contributed by atoms with Gasteiger partial charge in [0, 0.05) is 12.6 Å². The van der Waals surface area contributed by atoms with Crippen LogP contribution in [0.25, 0.3) is 0 Å². The number of nitrogens with two attached hydrogens (primary N) is 1. The van der Waals surface area contributed by atoms with Gasteiger partial charge >= 0.3 is 0 Å².